The van der Waals surface area contributed by atoms with E-state index in [0.29, 0.717) is 5.69 Å². The van der Waals surface area contributed by atoms with E-state index >= 15 is 0 Å². The third-order valence-electron chi connectivity index (χ3n) is 5.14. The van der Waals surface area contributed by atoms with Crippen molar-refractivity contribution in [3.63, 3.8) is 0 Å². The maximum Gasteiger partial charge on any atom is 0.251 e. The van der Waals surface area contributed by atoms with E-state index in [0.717, 1.165) is 41.4 Å². The summed E-state index contributed by atoms with van der Waals surface area (Å²) in [5, 5.41) is 0.719. The number of benzene rings is 2. The molecular formula is C20H19BrClN3O2. The standard InChI is InChI=1S/C20H19BrClN3O2/c21-14-4-6-16(7-5-14)25-19(26)13-18(20(25)27)24-10-8-23(9-11-24)17-3-1-2-15(22)12-17/h1-7,12,18H,8-11,13H2. The molecule has 27 heavy (non-hydrogen) atoms. The molecule has 0 N–H and O–H groups in total. The van der Waals surface area contributed by atoms with Gasteiger partial charge in [0.05, 0.1) is 18.2 Å². The van der Waals surface area contributed by atoms with E-state index in [1.807, 2.05) is 36.4 Å². The fraction of sp³-hybridized carbons (Fsp3) is 0.300. The van der Waals surface area contributed by atoms with Gasteiger partial charge in [0.1, 0.15) is 0 Å². The van der Waals surface area contributed by atoms with Crippen LogP contribution >= 0.6 is 27.5 Å². The van der Waals surface area contributed by atoms with Crippen molar-refractivity contribution in [1.82, 2.24) is 4.90 Å². The summed E-state index contributed by atoms with van der Waals surface area (Å²) in [5.74, 6) is -0.261. The molecule has 2 fully saturated rings. The van der Waals surface area contributed by atoms with Crippen LogP contribution in [0.15, 0.2) is 53.0 Å². The smallest absolute Gasteiger partial charge is 0.251 e. The van der Waals surface area contributed by atoms with Gasteiger partial charge in [-0.15, -0.1) is 0 Å². The maximum absolute atomic E-state index is 12.9. The molecule has 140 valence electrons. The summed E-state index contributed by atoms with van der Waals surface area (Å²) >= 11 is 9.47. The minimum atomic E-state index is -0.373. The van der Waals surface area contributed by atoms with Gasteiger partial charge in [-0.2, -0.15) is 0 Å². The van der Waals surface area contributed by atoms with Crippen LogP contribution in [0.3, 0.4) is 0 Å². The predicted molar refractivity (Wildman–Crippen MR) is 110 cm³/mol. The van der Waals surface area contributed by atoms with Crippen LogP contribution in [0.4, 0.5) is 11.4 Å². The van der Waals surface area contributed by atoms with Crippen LogP contribution in [0.1, 0.15) is 6.42 Å². The molecule has 2 saturated heterocycles. The second-order valence-corrected chi connectivity index (χ2v) is 8.12. The Kier molecular flexibility index (Phi) is 5.21. The minimum absolute atomic E-state index is 0.126. The second kappa shape index (κ2) is 7.62. The van der Waals surface area contributed by atoms with Gasteiger partial charge in [-0.1, -0.05) is 33.6 Å². The molecule has 1 unspecified atom stereocenters. The number of hydrogen-bond acceptors (Lipinski definition) is 4. The van der Waals surface area contributed by atoms with Crippen molar-refractivity contribution in [2.24, 2.45) is 0 Å². The van der Waals surface area contributed by atoms with Crippen LogP contribution < -0.4 is 9.80 Å². The molecule has 2 aliphatic heterocycles. The summed E-state index contributed by atoms with van der Waals surface area (Å²) in [6, 6.07) is 14.7. The third kappa shape index (κ3) is 3.74. The number of anilines is 2. The Morgan fingerprint density at radius 3 is 2.30 bits per heavy atom. The van der Waals surface area contributed by atoms with Crippen LogP contribution in [0.2, 0.25) is 5.02 Å². The van der Waals surface area contributed by atoms with Crippen molar-refractivity contribution in [3.8, 4) is 0 Å². The highest BCUT2D eigenvalue weighted by atomic mass is 79.9. The van der Waals surface area contributed by atoms with Crippen LogP contribution in [0.5, 0.6) is 0 Å². The summed E-state index contributed by atoms with van der Waals surface area (Å²) in [6.45, 7) is 3.09. The molecule has 2 aliphatic rings. The molecule has 0 aliphatic carbocycles. The molecule has 0 spiro atoms. The number of carbonyl (C=O) groups is 2. The molecule has 0 aromatic heterocycles. The molecular weight excluding hydrogens is 430 g/mol. The van der Waals surface area contributed by atoms with Crippen molar-refractivity contribution in [3.05, 3.63) is 58.0 Å². The topological polar surface area (TPSA) is 43.9 Å². The molecule has 0 radical (unpaired) electrons. The van der Waals surface area contributed by atoms with Crippen molar-refractivity contribution in [2.75, 3.05) is 36.0 Å². The van der Waals surface area contributed by atoms with Gasteiger partial charge in [-0.05, 0) is 42.5 Å². The number of imide groups is 1. The van der Waals surface area contributed by atoms with Crippen molar-refractivity contribution < 1.29 is 9.59 Å². The highest BCUT2D eigenvalue weighted by molar-refractivity contribution is 9.10. The Morgan fingerprint density at radius 2 is 1.63 bits per heavy atom. The van der Waals surface area contributed by atoms with Crippen molar-refractivity contribution in [1.29, 1.82) is 0 Å². The van der Waals surface area contributed by atoms with Gasteiger partial charge >= 0.3 is 0 Å². The Balaban J connectivity index is 1.43. The van der Waals surface area contributed by atoms with Crippen molar-refractivity contribution in [2.45, 2.75) is 12.5 Å². The van der Waals surface area contributed by atoms with Gasteiger partial charge in [0, 0.05) is 41.4 Å². The largest absolute Gasteiger partial charge is 0.369 e. The summed E-state index contributed by atoms with van der Waals surface area (Å²) in [4.78, 5) is 31.1. The lowest BCUT2D eigenvalue weighted by molar-refractivity contribution is -0.123. The Labute approximate surface area is 171 Å². The van der Waals surface area contributed by atoms with Crippen LogP contribution in [0.25, 0.3) is 0 Å². The molecule has 2 aromatic carbocycles. The maximum atomic E-state index is 12.9. The molecule has 1 atom stereocenters. The average molecular weight is 449 g/mol. The molecule has 0 bridgehead atoms. The molecule has 0 saturated carbocycles. The Bertz CT molecular complexity index is 866. The average Bonchev–Trinajstić information content (AvgIpc) is 2.97. The first-order valence-corrected chi connectivity index (χ1v) is 10.1. The quantitative estimate of drug-likeness (QED) is 0.674. The number of nitrogens with zero attached hydrogens (tertiary/aromatic N) is 3. The lowest BCUT2D eigenvalue weighted by Gasteiger charge is -2.38. The summed E-state index contributed by atoms with van der Waals surface area (Å²) in [6.07, 6.45) is 0.242. The first-order chi connectivity index (χ1) is 13.0. The first-order valence-electron chi connectivity index (χ1n) is 8.90. The van der Waals surface area contributed by atoms with Gasteiger partial charge in [0.25, 0.3) is 5.91 Å². The second-order valence-electron chi connectivity index (χ2n) is 6.77. The Hall–Kier alpha value is -1.89. The fourth-order valence-corrected chi connectivity index (χ4v) is 4.18. The zero-order valence-electron chi connectivity index (χ0n) is 14.6. The molecule has 2 aromatic rings. The molecule has 2 amide bonds. The van der Waals surface area contributed by atoms with Gasteiger partial charge in [-0.25, -0.2) is 4.90 Å². The lowest BCUT2D eigenvalue weighted by Crippen LogP contribution is -2.52. The third-order valence-corrected chi connectivity index (χ3v) is 5.90. The van der Waals surface area contributed by atoms with E-state index < -0.39 is 0 Å². The Morgan fingerprint density at radius 1 is 0.926 bits per heavy atom. The number of halogens is 2. The van der Waals surface area contributed by atoms with E-state index in [4.69, 9.17) is 11.6 Å². The normalized spacial score (nSPS) is 21.2. The molecule has 4 rings (SSSR count). The number of carbonyl (C=O) groups excluding carboxylic acids is 2. The van der Waals surface area contributed by atoms with Crippen LogP contribution in [-0.2, 0) is 9.59 Å². The van der Waals surface area contributed by atoms with E-state index in [1.165, 1.54) is 4.90 Å². The van der Waals surface area contributed by atoms with Gasteiger partial charge in [0.2, 0.25) is 5.91 Å². The van der Waals surface area contributed by atoms with E-state index in [1.54, 1.807) is 12.1 Å². The zero-order chi connectivity index (χ0) is 19.0. The molecule has 7 heteroatoms. The highest BCUT2D eigenvalue weighted by Crippen LogP contribution is 2.28. The monoisotopic (exact) mass is 447 g/mol. The lowest BCUT2D eigenvalue weighted by atomic mass is 10.1. The fourth-order valence-electron chi connectivity index (χ4n) is 3.73. The minimum Gasteiger partial charge on any atom is -0.369 e. The van der Waals surface area contributed by atoms with Gasteiger partial charge in [0.15, 0.2) is 0 Å². The summed E-state index contributed by atoms with van der Waals surface area (Å²) < 4.78 is 0.916. The van der Waals surface area contributed by atoms with Gasteiger partial charge < -0.3 is 4.90 Å². The number of piperazine rings is 1. The zero-order valence-corrected chi connectivity index (χ0v) is 17.0. The van der Waals surface area contributed by atoms with E-state index in [9.17, 15) is 9.59 Å². The highest BCUT2D eigenvalue weighted by Gasteiger charge is 2.43. The number of rotatable bonds is 3. The predicted octanol–water partition coefficient (Wildman–Crippen LogP) is 3.56. The number of hydrogen-bond donors (Lipinski definition) is 0. The molecule has 2 heterocycles. The van der Waals surface area contributed by atoms with Gasteiger partial charge in [-0.3, -0.25) is 14.5 Å². The first kappa shape index (κ1) is 18.5. The number of amides is 2. The summed E-state index contributed by atoms with van der Waals surface area (Å²) in [5.41, 5.74) is 1.72. The molecule has 5 nitrogen and oxygen atoms in total. The summed E-state index contributed by atoms with van der Waals surface area (Å²) in [7, 11) is 0. The van der Waals surface area contributed by atoms with Crippen molar-refractivity contribution >= 4 is 50.7 Å². The van der Waals surface area contributed by atoms with E-state index in [2.05, 4.69) is 25.7 Å². The van der Waals surface area contributed by atoms with Crippen LogP contribution in [0, 0.1) is 0 Å². The van der Waals surface area contributed by atoms with E-state index in [-0.39, 0.29) is 24.3 Å². The van der Waals surface area contributed by atoms with Crippen LogP contribution in [-0.4, -0.2) is 48.9 Å². The SMILES string of the molecule is O=C1CC(N2CCN(c3cccc(Cl)c3)CC2)C(=O)N1c1ccc(Br)cc1.